The highest BCUT2D eigenvalue weighted by Gasteiger charge is 2.37. The molecular formula is C27H28Cl2F3N7O3. The molecule has 2 aliphatic rings. The first-order chi connectivity index (χ1) is 19.9. The number of rotatable bonds is 6. The number of alkyl halides is 3. The molecule has 4 rings (SSSR count). The summed E-state index contributed by atoms with van der Waals surface area (Å²) in [4.78, 5) is 19.7. The van der Waals surface area contributed by atoms with Crippen molar-refractivity contribution in [3.8, 4) is 11.9 Å². The first-order valence-electron chi connectivity index (χ1n) is 13.0. The molecule has 15 heteroatoms. The number of carboxylic acid groups (broad SMARTS) is 1. The second-order valence-electron chi connectivity index (χ2n) is 9.75. The number of halogens is 5. The third-order valence-electron chi connectivity index (χ3n) is 6.95. The molecule has 1 atom stereocenters. The first-order valence-corrected chi connectivity index (χ1v) is 13.8. The summed E-state index contributed by atoms with van der Waals surface area (Å²) in [5, 5.41) is 28.0. The number of hydrogen-bond acceptors (Lipinski definition) is 6. The fraction of sp³-hybridized carbons (Fsp3) is 0.407. The highest BCUT2D eigenvalue weighted by Crippen LogP contribution is 2.38. The minimum absolute atomic E-state index is 0.0899. The molecule has 1 unspecified atom stereocenters. The Morgan fingerprint density at radius 2 is 1.95 bits per heavy atom. The quantitative estimate of drug-likeness (QED) is 0.185. The zero-order valence-electron chi connectivity index (χ0n) is 22.7. The van der Waals surface area contributed by atoms with E-state index in [0.717, 1.165) is 30.1 Å². The highest BCUT2D eigenvalue weighted by molar-refractivity contribution is 6.42. The van der Waals surface area contributed by atoms with Crippen LogP contribution in [-0.4, -0.2) is 83.1 Å². The maximum Gasteiger partial charge on any atom is 0.416 e. The molecule has 1 saturated heterocycles. The van der Waals surface area contributed by atoms with E-state index in [9.17, 15) is 28.3 Å². The van der Waals surface area contributed by atoms with E-state index in [2.05, 4.69) is 20.3 Å². The Hall–Kier alpha value is -3.73. The number of ether oxygens (including phenoxy) is 1. The van der Waals surface area contributed by atoms with Crippen molar-refractivity contribution in [2.45, 2.75) is 38.1 Å². The molecule has 0 aliphatic carbocycles. The van der Waals surface area contributed by atoms with E-state index >= 15 is 0 Å². The van der Waals surface area contributed by atoms with Gasteiger partial charge in [0, 0.05) is 25.2 Å². The predicted octanol–water partition coefficient (Wildman–Crippen LogP) is 5.63. The normalized spacial score (nSPS) is 18.4. The van der Waals surface area contributed by atoms with E-state index in [0.29, 0.717) is 18.4 Å². The number of benzene rings is 2. The Bertz CT molecular complexity index is 1420. The van der Waals surface area contributed by atoms with E-state index in [-0.39, 0.29) is 52.3 Å². The van der Waals surface area contributed by atoms with Crippen LogP contribution in [0.4, 0.5) is 23.7 Å². The van der Waals surface area contributed by atoms with Crippen LogP contribution in [-0.2, 0) is 6.18 Å². The number of carbonyl (C=O) groups is 1. The number of hydrogen-bond donors (Lipinski definition) is 2. The second-order valence-corrected chi connectivity index (χ2v) is 10.6. The summed E-state index contributed by atoms with van der Waals surface area (Å²) in [6.07, 6.45) is -3.00. The summed E-state index contributed by atoms with van der Waals surface area (Å²) in [6, 6.07) is 6.83. The van der Waals surface area contributed by atoms with Gasteiger partial charge in [0.25, 0.3) is 0 Å². The smallest absolute Gasteiger partial charge is 0.416 e. The molecule has 0 bridgehead atoms. The fourth-order valence-corrected chi connectivity index (χ4v) is 5.04. The molecule has 2 N–H and O–H groups in total. The van der Waals surface area contributed by atoms with Gasteiger partial charge in [0.15, 0.2) is 6.19 Å². The van der Waals surface area contributed by atoms with Crippen LogP contribution in [0.2, 0.25) is 10.0 Å². The van der Waals surface area contributed by atoms with Crippen molar-refractivity contribution in [3.63, 3.8) is 0 Å². The number of nitrogens with zero attached hydrogens (tertiary/aromatic N) is 6. The topological polar surface area (TPSA) is 117 Å². The van der Waals surface area contributed by atoms with Crippen LogP contribution in [0.5, 0.6) is 5.75 Å². The predicted molar refractivity (Wildman–Crippen MR) is 152 cm³/mol. The van der Waals surface area contributed by atoms with Gasteiger partial charge in [-0.3, -0.25) is 10.2 Å². The average molecular weight is 626 g/mol. The molecule has 0 radical (unpaired) electrons. The Kier molecular flexibility index (Phi) is 9.71. The molecule has 1 amide bonds. The van der Waals surface area contributed by atoms with Gasteiger partial charge >= 0.3 is 12.3 Å². The Morgan fingerprint density at radius 3 is 2.55 bits per heavy atom. The standard InChI is InChI=1S/C27H28Cl2F3N7O3/c1-3-38(26(40)41)22-14-39(36-24(22)16-4-6-19(28)20(29)12-16)25(34-15-33)35-21-13-17(27(30,31)32)5-7-23(21)42-18-8-10-37(2)11-9-18/h4-7,12-13,18,22H,3,8-11,14H2,1-2H3,(H,34,35)(H,40,41). The lowest BCUT2D eigenvalue weighted by molar-refractivity contribution is -0.137. The minimum Gasteiger partial charge on any atom is -0.488 e. The fourth-order valence-electron chi connectivity index (χ4n) is 4.74. The van der Waals surface area contributed by atoms with E-state index < -0.39 is 23.9 Å². The Morgan fingerprint density at radius 1 is 1.24 bits per heavy atom. The molecule has 10 nitrogen and oxygen atoms in total. The lowest BCUT2D eigenvalue weighted by atomic mass is 10.0. The highest BCUT2D eigenvalue weighted by atomic mass is 35.5. The summed E-state index contributed by atoms with van der Waals surface area (Å²) < 4.78 is 47.1. The van der Waals surface area contributed by atoms with E-state index in [4.69, 9.17) is 27.9 Å². The largest absolute Gasteiger partial charge is 0.488 e. The summed E-state index contributed by atoms with van der Waals surface area (Å²) in [5.41, 5.74) is -0.354. The zero-order chi connectivity index (χ0) is 30.6. The van der Waals surface area contributed by atoms with Crippen LogP contribution in [0.1, 0.15) is 30.9 Å². The van der Waals surface area contributed by atoms with E-state index in [1.54, 1.807) is 19.2 Å². The summed E-state index contributed by atoms with van der Waals surface area (Å²) in [7, 11) is 1.98. The van der Waals surface area contributed by atoms with Gasteiger partial charge in [0.05, 0.1) is 33.9 Å². The number of likely N-dealkylation sites (tertiary alicyclic amines) is 1. The Balaban J connectivity index is 1.78. The van der Waals surface area contributed by atoms with Gasteiger partial charge in [-0.2, -0.15) is 23.5 Å². The molecule has 224 valence electrons. The number of piperidine rings is 1. The van der Waals surface area contributed by atoms with Crippen LogP contribution in [0.3, 0.4) is 0 Å². The van der Waals surface area contributed by atoms with E-state index in [1.807, 2.05) is 7.05 Å². The van der Waals surface area contributed by atoms with Crippen LogP contribution in [0, 0.1) is 11.5 Å². The van der Waals surface area contributed by atoms with Crippen LogP contribution < -0.4 is 10.1 Å². The van der Waals surface area contributed by atoms with Crippen LogP contribution in [0.15, 0.2) is 46.5 Å². The lowest BCUT2D eigenvalue weighted by Gasteiger charge is -2.29. The molecule has 2 aliphatic heterocycles. The number of guanidine groups is 1. The van der Waals surface area contributed by atoms with Gasteiger partial charge in [-0.05, 0) is 57.1 Å². The maximum atomic E-state index is 13.7. The van der Waals surface area contributed by atoms with Gasteiger partial charge < -0.3 is 14.7 Å². The maximum absolute atomic E-state index is 13.7. The van der Waals surface area contributed by atoms with E-state index in [1.165, 1.54) is 23.2 Å². The zero-order valence-corrected chi connectivity index (χ0v) is 24.2. The molecule has 42 heavy (non-hydrogen) atoms. The van der Waals surface area contributed by atoms with Gasteiger partial charge in [-0.25, -0.2) is 14.8 Å². The van der Waals surface area contributed by atoms with Crippen molar-refractivity contribution >= 4 is 46.7 Å². The third-order valence-corrected chi connectivity index (χ3v) is 7.69. The molecule has 2 aromatic carbocycles. The molecule has 0 aromatic heterocycles. The van der Waals surface area contributed by atoms with Crippen LogP contribution >= 0.6 is 23.2 Å². The van der Waals surface area contributed by atoms with Crippen molar-refractivity contribution < 1.29 is 27.8 Å². The van der Waals surface area contributed by atoms with Gasteiger partial charge in [-0.1, -0.05) is 29.3 Å². The van der Waals surface area contributed by atoms with Crippen molar-refractivity contribution in [1.82, 2.24) is 20.1 Å². The molecule has 2 heterocycles. The monoisotopic (exact) mass is 625 g/mol. The minimum atomic E-state index is -4.65. The average Bonchev–Trinajstić information content (AvgIpc) is 3.36. The first kappa shape index (κ1) is 31.2. The SMILES string of the molecule is CCN(C(=O)O)C1CN(C(=Nc2cc(C(F)(F)F)ccc2OC2CCN(C)CC2)NC#N)N=C1c1ccc(Cl)c(Cl)c1. The second kappa shape index (κ2) is 13.1. The number of aliphatic imine (C=N–C) groups is 1. The van der Waals surface area contributed by atoms with Gasteiger partial charge in [0.2, 0.25) is 5.96 Å². The number of nitrogens with one attached hydrogen (secondary N) is 1. The summed E-state index contributed by atoms with van der Waals surface area (Å²) in [6.45, 7) is 3.21. The van der Waals surface area contributed by atoms with Crippen LogP contribution in [0.25, 0.3) is 0 Å². The number of nitriles is 1. The Labute approximate surface area is 250 Å². The van der Waals surface area contributed by atoms with Gasteiger partial charge in [0.1, 0.15) is 17.5 Å². The molecule has 1 fully saturated rings. The molecule has 2 aromatic rings. The summed E-state index contributed by atoms with van der Waals surface area (Å²) in [5.74, 6) is -0.105. The van der Waals surface area contributed by atoms with Crippen molar-refractivity contribution in [2.75, 3.05) is 33.2 Å². The molecule has 0 spiro atoms. The molecule has 0 saturated carbocycles. The van der Waals surface area contributed by atoms with Gasteiger partial charge in [-0.15, -0.1) is 0 Å². The number of hydrazone groups is 1. The van der Waals surface area contributed by atoms with Crippen molar-refractivity contribution in [1.29, 1.82) is 5.26 Å². The number of likely N-dealkylation sites (N-methyl/N-ethyl adjacent to an activating group) is 1. The van der Waals surface area contributed by atoms with Crippen molar-refractivity contribution in [2.24, 2.45) is 10.1 Å². The lowest BCUT2D eigenvalue weighted by Crippen LogP contribution is -2.47. The summed E-state index contributed by atoms with van der Waals surface area (Å²) >= 11 is 12.3. The van der Waals surface area contributed by atoms with Crippen molar-refractivity contribution in [3.05, 3.63) is 57.6 Å². The number of amides is 1. The third kappa shape index (κ3) is 7.18. The molecular weight excluding hydrogens is 598 g/mol.